The summed E-state index contributed by atoms with van der Waals surface area (Å²) in [5.41, 5.74) is 4.58. The Bertz CT molecular complexity index is 871. The van der Waals surface area contributed by atoms with Crippen molar-refractivity contribution < 1.29 is 0 Å². The summed E-state index contributed by atoms with van der Waals surface area (Å²) < 4.78 is 4.29. The summed E-state index contributed by atoms with van der Waals surface area (Å²) in [4.78, 5) is 0. The molecule has 3 aromatic carbocycles. The van der Waals surface area contributed by atoms with E-state index in [1.807, 2.05) is 24.3 Å². The van der Waals surface area contributed by atoms with Crippen LogP contribution in [0, 0.1) is 0 Å². The van der Waals surface area contributed by atoms with E-state index in [0.29, 0.717) is 0 Å². The van der Waals surface area contributed by atoms with E-state index in [0.717, 1.165) is 40.1 Å². The van der Waals surface area contributed by atoms with Crippen molar-refractivity contribution in [2.75, 3.05) is 0 Å². The van der Waals surface area contributed by atoms with E-state index in [9.17, 15) is 0 Å². The number of hydrogen-bond acceptors (Lipinski definition) is 0. The molecule has 0 aromatic heterocycles. The molecule has 26 heavy (non-hydrogen) atoms. The largest absolute Gasteiger partial charge is 0.0543 e. The second-order valence-electron chi connectivity index (χ2n) is 5.67. The Hall–Kier alpha value is -0.940. The lowest BCUT2D eigenvalue weighted by Crippen LogP contribution is -1.82. The van der Waals surface area contributed by atoms with Gasteiger partial charge in [-0.05, 0) is 58.7 Å². The lowest BCUT2D eigenvalue weighted by molar-refractivity contribution is 1.53. The van der Waals surface area contributed by atoms with Crippen molar-refractivity contribution in [2.45, 2.75) is 0 Å². The van der Waals surface area contributed by atoms with E-state index in [4.69, 9.17) is 0 Å². The lowest BCUT2D eigenvalue weighted by Gasteiger charge is -2.05. The quantitative estimate of drug-likeness (QED) is 0.263. The van der Waals surface area contributed by atoms with Gasteiger partial charge in [0.2, 0.25) is 0 Å². The van der Waals surface area contributed by atoms with Crippen molar-refractivity contribution in [3.8, 4) is 0 Å². The zero-order valence-corrected chi connectivity index (χ0v) is 19.9. The molecule has 3 aromatic rings. The molecule has 0 aliphatic heterocycles. The van der Waals surface area contributed by atoms with E-state index in [2.05, 4.69) is 124 Å². The van der Waals surface area contributed by atoms with Crippen LogP contribution < -0.4 is 0 Å². The van der Waals surface area contributed by atoms with Crippen molar-refractivity contribution in [3.05, 3.63) is 101 Å². The monoisotopic (exact) mass is 594 g/mol. The highest BCUT2D eigenvalue weighted by Crippen LogP contribution is 2.29. The molecule has 0 atom stereocenters. The Morgan fingerprint density at radius 1 is 0.462 bits per heavy atom. The molecule has 0 fully saturated rings. The van der Waals surface area contributed by atoms with E-state index in [1.54, 1.807) is 0 Å². The first-order valence-corrected chi connectivity index (χ1v) is 11.0. The molecule has 0 saturated heterocycles. The fraction of sp³-hybridized carbons (Fsp3) is 0. The van der Waals surface area contributed by atoms with Gasteiger partial charge in [0.15, 0.2) is 0 Å². The molecule has 0 unspecified atom stereocenters. The van der Waals surface area contributed by atoms with E-state index in [-0.39, 0.29) is 0 Å². The van der Waals surface area contributed by atoms with Crippen molar-refractivity contribution in [2.24, 2.45) is 0 Å². The molecule has 130 valence electrons. The van der Waals surface area contributed by atoms with Gasteiger partial charge in [-0.25, -0.2) is 0 Å². The van der Waals surface area contributed by atoms with Gasteiger partial charge >= 0.3 is 0 Å². The Morgan fingerprint density at radius 2 is 0.808 bits per heavy atom. The molecule has 0 nitrogen and oxygen atoms in total. The molecule has 3 rings (SSSR count). The van der Waals surface area contributed by atoms with Crippen molar-refractivity contribution in [1.29, 1.82) is 0 Å². The summed E-state index contributed by atoms with van der Waals surface area (Å²) >= 11 is 14.3. The minimum Gasteiger partial charge on any atom is -0.0543 e. The van der Waals surface area contributed by atoms with E-state index >= 15 is 0 Å². The number of hydrogen-bond donors (Lipinski definition) is 0. The van der Waals surface area contributed by atoms with Crippen LogP contribution in [0.1, 0.15) is 22.3 Å². The number of benzene rings is 3. The molecule has 0 radical (unpaired) electrons. The zero-order chi connectivity index (χ0) is 18.5. The Balaban J connectivity index is 1.81. The van der Waals surface area contributed by atoms with Crippen molar-refractivity contribution in [1.82, 2.24) is 0 Å². The smallest absolute Gasteiger partial charge is 0.0254 e. The van der Waals surface area contributed by atoms with Crippen LogP contribution in [0.25, 0.3) is 24.3 Å². The first kappa shape index (κ1) is 19.8. The molecule has 0 aliphatic rings. The molecule has 0 amide bonds. The number of rotatable bonds is 4. The Kier molecular flexibility index (Phi) is 7.10. The SMILES string of the molecule is Brc1ccc(/C=C/c2cc(Br)c(/C=C/c3ccc(Br)cc3)cc2Br)cc1. The van der Waals surface area contributed by atoms with Crippen LogP contribution >= 0.6 is 63.7 Å². The lowest BCUT2D eigenvalue weighted by atomic mass is 10.1. The Labute approximate surface area is 187 Å². The molecule has 0 N–H and O–H groups in total. The summed E-state index contributed by atoms with van der Waals surface area (Å²) in [7, 11) is 0. The zero-order valence-electron chi connectivity index (χ0n) is 13.6. The van der Waals surface area contributed by atoms with Gasteiger partial charge < -0.3 is 0 Å². The summed E-state index contributed by atoms with van der Waals surface area (Å²) in [5, 5.41) is 0. The molecule has 0 spiro atoms. The maximum atomic E-state index is 3.68. The highest BCUT2D eigenvalue weighted by Gasteiger charge is 2.03. The van der Waals surface area contributed by atoms with Gasteiger partial charge in [-0.1, -0.05) is 112 Å². The predicted molar refractivity (Wildman–Crippen MR) is 128 cm³/mol. The van der Waals surface area contributed by atoms with Gasteiger partial charge in [-0.15, -0.1) is 0 Å². The topological polar surface area (TPSA) is 0 Å². The predicted octanol–water partition coefficient (Wildman–Crippen LogP) is 9.08. The molecular formula is C22H14Br4. The second kappa shape index (κ2) is 9.32. The summed E-state index contributed by atoms with van der Waals surface area (Å²) in [6.45, 7) is 0. The minimum absolute atomic E-state index is 1.06. The van der Waals surface area contributed by atoms with Gasteiger partial charge in [-0.3, -0.25) is 0 Å². The van der Waals surface area contributed by atoms with Crippen LogP contribution in [0.15, 0.2) is 78.6 Å². The fourth-order valence-corrected chi connectivity index (χ4v) is 3.87. The summed E-state index contributed by atoms with van der Waals surface area (Å²) in [5.74, 6) is 0. The molecule has 0 heterocycles. The maximum Gasteiger partial charge on any atom is 0.0254 e. The normalized spacial score (nSPS) is 11.5. The minimum atomic E-state index is 1.06. The molecule has 0 saturated carbocycles. The van der Waals surface area contributed by atoms with Gasteiger partial charge in [0.1, 0.15) is 0 Å². The van der Waals surface area contributed by atoms with Gasteiger partial charge in [0, 0.05) is 17.9 Å². The highest BCUT2D eigenvalue weighted by atomic mass is 79.9. The molecule has 0 bridgehead atoms. The van der Waals surface area contributed by atoms with Crippen molar-refractivity contribution in [3.63, 3.8) is 0 Å². The fourth-order valence-electron chi connectivity index (χ4n) is 2.35. The third kappa shape index (κ3) is 5.53. The van der Waals surface area contributed by atoms with Crippen LogP contribution in [-0.4, -0.2) is 0 Å². The van der Waals surface area contributed by atoms with Crippen molar-refractivity contribution >= 4 is 88.0 Å². The van der Waals surface area contributed by atoms with Crippen LogP contribution in [-0.2, 0) is 0 Å². The second-order valence-corrected chi connectivity index (χ2v) is 9.21. The highest BCUT2D eigenvalue weighted by molar-refractivity contribution is 9.11. The van der Waals surface area contributed by atoms with Crippen LogP contribution in [0.3, 0.4) is 0 Å². The summed E-state index contributed by atoms with van der Waals surface area (Å²) in [6, 6.07) is 20.7. The van der Waals surface area contributed by atoms with Gasteiger partial charge in [0.25, 0.3) is 0 Å². The van der Waals surface area contributed by atoms with Gasteiger partial charge in [-0.2, -0.15) is 0 Å². The van der Waals surface area contributed by atoms with Crippen LogP contribution in [0.2, 0.25) is 0 Å². The van der Waals surface area contributed by atoms with Crippen LogP contribution in [0.4, 0.5) is 0 Å². The Morgan fingerprint density at radius 3 is 1.15 bits per heavy atom. The third-order valence-corrected chi connectivity index (χ3v) is 6.20. The maximum absolute atomic E-state index is 3.68. The third-order valence-electron chi connectivity index (χ3n) is 3.77. The average molecular weight is 598 g/mol. The average Bonchev–Trinajstić information content (AvgIpc) is 2.63. The van der Waals surface area contributed by atoms with Crippen LogP contribution in [0.5, 0.6) is 0 Å². The molecule has 0 aliphatic carbocycles. The van der Waals surface area contributed by atoms with Gasteiger partial charge in [0.05, 0.1) is 0 Å². The molecule has 4 heteroatoms. The first-order chi connectivity index (χ1) is 12.5. The summed E-state index contributed by atoms with van der Waals surface area (Å²) in [6.07, 6.45) is 8.44. The van der Waals surface area contributed by atoms with E-state index in [1.165, 1.54) is 0 Å². The first-order valence-electron chi connectivity index (χ1n) is 7.87. The van der Waals surface area contributed by atoms with E-state index < -0.39 is 0 Å². The number of halogens is 4. The standard InChI is InChI=1S/C22H14Br4/c23-19-9-3-15(4-10-19)1-7-17-13-22(26)18(14-21(17)25)8-2-16-5-11-20(24)12-6-16/h1-14H/b7-1+,8-2+. The molecular weight excluding hydrogens is 584 g/mol.